The van der Waals surface area contributed by atoms with Gasteiger partial charge < -0.3 is 10.2 Å². The van der Waals surface area contributed by atoms with Gasteiger partial charge in [0.25, 0.3) is 0 Å². The highest BCUT2D eigenvalue weighted by molar-refractivity contribution is 6.36. The third-order valence-corrected chi connectivity index (χ3v) is 7.40. The number of benzene rings is 2. The van der Waals surface area contributed by atoms with Crippen molar-refractivity contribution in [2.75, 3.05) is 26.0 Å². The average Bonchev–Trinajstić information content (AvgIpc) is 2.76. The van der Waals surface area contributed by atoms with Crippen LogP contribution >= 0.6 is 23.2 Å². The summed E-state index contributed by atoms with van der Waals surface area (Å²) in [7, 11) is 4.26. The molecule has 1 N–H and O–H groups in total. The molecule has 1 saturated carbocycles. The highest BCUT2D eigenvalue weighted by atomic mass is 35.5. The van der Waals surface area contributed by atoms with Crippen LogP contribution in [0.4, 0.5) is 5.69 Å². The fourth-order valence-corrected chi connectivity index (χ4v) is 5.40. The largest absolute Gasteiger partial charge is 0.381 e. The molecule has 0 bridgehead atoms. The van der Waals surface area contributed by atoms with Crippen LogP contribution in [-0.4, -0.2) is 42.3 Å². The maximum Gasteiger partial charge on any atom is 0.163 e. The number of aromatic nitrogens is 1. The van der Waals surface area contributed by atoms with Gasteiger partial charge in [-0.1, -0.05) is 35.7 Å². The van der Waals surface area contributed by atoms with Crippen molar-refractivity contribution in [3.05, 3.63) is 57.7 Å². The number of nitrogens with one attached hydrogen (secondary N) is 1. The van der Waals surface area contributed by atoms with Gasteiger partial charge in [0.1, 0.15) is 0 Å². The van der Waals surface area contributed by atoms with Crippen LogP contribution in [0.3, 0.4) is 0 Å². The van der Waals surface area contributed by atoms with Crippen molar-refractivity contribution in [2.45, 2.75) is 45.6 Å². The van der Waals surface area contributed by atoms with E-state index in [1.54, 1.807) is 13.1 Å². The van der Waals surface area contributed by atoms with Gasteiger partial charge in [0.2, 0.25) is 0 Å². The van der Waals surface area contributed by atoms with E-state index >= 15 is 0 Å². The Morgan fingerprint density at radius 3 is 2.52 bits per heavy atom. The summed E-state index contributed by atoms with van der Waals surface area (Å²) in [6, 6.07) is 10.3. The number of fused-ring (bicyclic) bond motifs is 1. The Kier molecular flexibility index (Phi) is 7.28. The van der Waals surface area contributed by atoms with E-state index in [9.17, 15) is 4.79 Å². The molecule has 2 atom stereocenters. The van der Waals surface area contributed by atoms with Crippen molar-refractivity contribution in [1.29, 1.82) is 0 Å². The van der Waals surface area contributed by atoms with Crippen molar-refractivity contribution in [2.24, 2.45) is 5.92 Å². The molecule has 4 nitrogen and oxygen atoms in total. The molecule has 2 aromatic carbocycles. The maximum absolute atomic E-state index is 12.5. The van der Waals surface area contributed by atoms with Crippen molar-refractivity contribution in [3.63, 3.8) is 0 Å². The number of rotatable bonds is 6. The van der Waals surface area contributed by atoms with E-state index < -0.39 is 0 Å². The lowest BCUT2D eigenvalue weighted by Gasteiger charge is -2.32. The van der Waals surface area contributed by atoms with E-state index in [0.29, 0.717) is 27.6 Å². The summed E-state index contributed by atoms with van der Waals surface area (Å²) in [4.78, 5) is 19.4. The minimum atomic E-state index is 0.0133. The van der Waals surface area contributed by atoms with Crippen LogP contribution in [0.15, 0.2) is 36.5 Å². The molecule has 1 heterocycles. The number of anilines is 1. The van der Waals surface area contributed by atoms with Gasteiger partial charge in [0.05, 0.1) is 16.8 Å². The van der Waals surface area contributed by atoms with Crippen LogP contribution in [0.1, 0.15) is 48.5 Å². The Balaban J connectivity index is 1.76. The molecule has 0 radical (unpaired) electrons. The molecule has 0 unspecified atom stereocenters. The second-order valence-corrected chi connectivity index (χ2v) is 10.4. The number of hydrogen-bond acceptors (Lipinski definition) is 4. The molecule has 174 valence electrons. The number of hydrogen-bond donors (Lipinski definition) is 1. The first-order valence-electron chi connectivity index (χ1n) is 11.5. The summed E-state index contributed by atoms with van der Waals surface area (Å²) in [5, 5.41) is 5.98. The van der Waals surface area contributed by atoms with Gasteiger partial charge in [0.15, 0.2) is 5.78 Å². The van der Waals surface area contributed by atoms with E-state index in [-0.39, 0.29) is 5.78 Å². The molecular weight excluding hydrogens is 453 g/mol. The summed E-state index contributed by atoms with van der Waals surface area (Å²) < 4.78 is 0. The fraction of sp³-hybridized carbons (Fsp3) is 0.407. The van der Waals surface area contributed by atoms with E-state index in [0.717, 1.165) is 52.7 Å². The maximum atomic E-state index is 12.5. The van der Waals surface area contributed by atoms with E-state index in [2.05, 4.69) is 35.4 Å². The molecule has 1 aromatic heterocycles. The van der Waals surface area contributed by atoms with Crippen LogP contribution in [-0.2, 0) is 0 Å². The normalized spacial score (nSPS) is 18.6. The Morgan fingerprint density at radius 2 is 1.85 bits per heavy atom. The predicted octanol–water partition coefficient (Wildman–Crippen LogP) is 7.25. The van der Waals surface area contributed by atoms with Gasteiger partial charge in [-0.15, -0.1) is 0 Å². The number of ketones is 1. The van der Waals surface area contributed by atoms with E-state index in [1.807, 2.05) is 31.2 Å². The summed E-state index contributed by atoms with van der Waals surface area (Å²) in [5.74, 6) is 0.673. The van der Waals surface area contributed by atoms with Gasteiger partial charge in [-0.3, -0.25) is 9.78 Å². The average molecular weight is 484 g/mol. The molecule has 1 aliphatic rings. The summed E-state index contributed by atoms with van der Waals surface area (Å²) in [5.41, 5.74) is 5.18. The van der Waals surface area contributed by atoms with Crippen LogP contribution in [0, 0.1) is 12.8 Å². The van der Waals surface area contributed by atoms with Crippen molar-refractivity contribution in [3.8, 4) is 11.1 Å². The number of carbonyl (C=O) groups excluding carboxylic acids is 1. The van der Waals surface area contributed by atoms with E-state index in [4.69, 9.17) is 23.2 Å². The van der Waals surface area contributed by atoms with E-state index in [1.165, 1.54) is 12.8 Å². The first-order chi connectivity index (χ1) is 15.7. The lowest BCUT2D eigenvalue weighted by atomic mass is 9.85. The summed E-state index contributed by atoms with van der Waals surface area (Å²) in [6.45, 7) is 4.61. The molecule has 3 aromatic rings. The highest BCUT2D eigenvalue weighted by Crippen LogP contribution is 2.36. The summed E-state index contributed by atoms with van der Waals surface area (Å²) in [6.07, 6.45) is 6.36. The number of pyridine rings is 1. The quantitative estimate of drug-likeness (QED) is 0.374. The zero-order valence-electron chi connectivity index (χ0n) is 19.7. The number of Topliss-reactive ketones (excluding diaryl/α,β-unsaturated/α-hetero) is 1. The molecule has 0 spiro atoms. The van der Waals surface area contributed by atoms with Gasteiger partial charge in [-0.2, -0.15) is 0 Å². The van der Waals surface area contributed by atoms with Crippen LogP contribution < -0.4 is 5.32 Å². The highest BCUT2D eigenvalue weighted by Gasteiger charge is 2.24. The van der Waals surface area contributed by atoms with Crippen molar-refractivity contribution < 1.29 is 4.79 Å². The number of carbonyl (C=O) groups is 1. The smallest absolute Gasteiger partial charge is 0.163 e. The zero-order valence-corrected chi connectivity index (χ0v) is 21.2. The molecule has 0 saturated heterocycles. The Labute approximate surface area is 206 Å². The molecule has 6 heteroatoms. The molecule has 1 fully saturated rings. The van der Waals surface area contributed by atoms with Crippen molar-refractivity contribution in [1.82, 2.24) is 9.88 Å². The Morgan fingerprint density at radius 1 is 1.12 bits per heavy atom. The van der Waals surface area contributed by atoms with Gasteiger partial charge in [-0.05, 0) is 94.1 Å². The molecule has 4 rings (SSSR count). The standard InChI is InChI=1S/C27H31Cl2N3O/c1-16-24(28)12-20(13-25(16)29)19-8-9-26-22(11-19)27(23(14-30-26)17(2)33)31-21-7-5-6-18(10-21)15-32(3)4/h8-9,11-14,18,21H,5-7,10,15H2,1-4H3,(H,30,31)/t18-,21+/m1/s1. The van der Waals surface area contributed by atoms with Crippen LogP contribution in [0.25, 0.3) is 22.0 Å². The second-order valence-electron chi connectivity index (χ2n) is 9.54. The van der Waals surface area contributed by atoms with Crippen LogP contribution in [0.2, 0.25) is 10.0 Å². The lowest BCUT2D eigenvalue weighted by Crippen LogP contribution is -2.32. The zero-order chi connectivity index (χ0) is 23.7. The summed E-state index contributed by atoms with van der Waals surface area (Å²) >= 11 is 12.8. The predicted molar refractivity (Wildman–Crippen MR) is 140 cm³/mol. The van der Waals surface area contributed by atoms with Gasteiger partial charge >= 0.3 is 0 Å². The topological polar surface area (TPSA) is 45.2 Å². The molecule has 1 aliphatic carbocycles. The Bertz CT molecular complexity index is 1170. The Hall–Kier alpha value is -2.14. The number of halogens is 2. The molecule has 0 amide bonds. The minimum absolute atomic E-state index is 0.0133. The second kappa shape index (κ2) is 10.0. The molecule has 33 heavy (non-hydrogen) atoms. The van der Waals surface area contributed by atoms with Crippen LogP contribution in [0.5, 0.6) is 0 Å². The third-order valence-electron chi connectivity index (χ3n) is 6.62. The molecular formula is C27H31Cl2N3O. The van der Waals surface area contributed by atoms with Gasteiger partial charge in [-0.25, -0.2) is 0 Å². The lowest BCUT2D eigenvalue weighted by molar-refractivity contribution is 0.101. The van der Waals surface area contributed by atoms with Gasteiger partial charge in [0, 0.05) is 34.2 Å². The third kappa shape index (κ3) is 5.34. The van der Waals surface area contributed by atoms with Crippen molar-refractivity contribution >= 4 is 45.6 Å². The molecule has 0 aliphatic heterocycles. The fourth-order valence-electron chi connectivity index (χ4n) is 4.91. The SMILES string of the molecule is CC(=O)c1cnc2ccc(-c3cc(Cl)c(C)c(Cl)c3)cc2c1N[C@H]1CCC[C@@H](CN(C)C)C1. The first kappa shape index (κ1) is 24.0. The minimum Gasteiger partial charge on any atom is -0.381 e. The number of nitrogens with zero attached hydrogens (tertiary/aromatic N) is 2. The first-order valence-corrected chi connectivity index (χ1v) is 12.3. The monoisotopic (exact) mass is 483 g/mol.